The predicted octanol–water partition coefficient (Wildman–Crippen LogP) is 2.41. The van der Waals surface area contributed by atoms with Gasteiger partial charge in [-0.25, -0.2) is 0 Å². The lowest BCUT2D eigenvalue weighted by atomic mass is 10.0. The fourth-order valence-electron chi connectivity index (χ4n) is 3.32. The minimum atomic E-state index is -0.536. The summed E-state index contributed by atoms with van der Waals surface area (Å²) in [5.41, 5.74) is 4.25. The fourth-order valence-corrected chi connectivity index (χ4v) is 3.32. The Morgan fingerprint density at radius 2 is 2.00 bits per heavy atom. The Kier molecular flexibility index (Phi) is 4.41. The summed E-state index contributed by atoms with van der Waals surface area (Å²) in [5, 5.41) is 15.1. The second kappa shape index (κ2) is 6.34. The van der Waals surface area contributed by atoms with E-state index in [4.69, 9.17) is 4.74 Å². The van der Waals surface area contributed by atoms with Crippen LogP contribution in [-0.2, 0) is 0 Å². The number of aliphatic hydroxyl groups is 1. The van der Waals surface area contributed by atoms with Crippen molar-refractivity contribution in [1.29, 1.82) is 0 Å². The van der Waals surface area contributed by atoms with Crippen LogP contribution in [0, 0.1) is 20.8 Å². The van der Waals surface area contributed by atoms with Gasteiger partial charge >= 0.3 is 0 Å². The Morgan fingerprint density at radius 1 is 1.26 bits per heavy atom. The number of hydrogen-bond donors (Lipinski definition) is 1. The van der Waals surface area contributed by atoms with E-state index in [1.165, 1.54) is 5.69 Å². The molecule has 1 N–H and O–H groups in total. The summed E-state index contributed by atoms with van der Waals surface area (Å²) in [4.78, 5) is 2.26. The molecule has 23 heavy (non-hydrogen) atoms. The number of likely N-dealkylation sites (tertiary alicyclic amines) is 1. The highest BCUT2D eigenvalue weighted by Crippen LogP contribution is 2.30. The van der Waals surface area contributed by atoms with Gasteiger partial charge in [-0.2, -0.15) is 5.10 Å². The Bertz CT molecular complexity index is 690. The molecule has 5 heteroatoms. The Balaban J connectivity index is 1.61. The molecule has 1 aliphatic rings. The van der Waals surface area contributed by atoms with Gasteiger partial charge in [-0.3, -0.25) is 9.58 Å². The lowest BCUT2D eigenvalue weighted by Gasteiger charge is -2.40. The second-order valence-corrected chi connectivity index (χ2v) is 6.51. The van der Waals surface area contributed by atoms with Crippen molar-refractivity contribution in [2.75, 3.05) is 26.7 Å². The van der Waals surface area contributed by atoms with Crippen molar-refractivity contribution >= 4 is 0 Å². The van der Waals surface area contributed by atoms with E-state index >= 15 is 0 Å². The van der Waals surface area contributed by atoms with E-state index in [9.17, 15) is 5.11 Å². The number of ether oxygens (including phenoxy) is 1. The van der Waals surface area contributed by atoms with Gasteiger partial charge in [0.2, 0.25) is 0 Å². The van der Waals surface area contributed by atoms with Crippen molar-refractivity contribution in [2.45, 2.75) is 32.9 Å². The first kappa shape index (κ1) is 16.0. The van der Waals surface area contributed by atoms with Gasteiger partial charge in [-0.05, 0) is 39.0 Å². The highest BCUT2D eigenvalue weighted by molar-refractivity contribution is 5.38. The first-order valence-electron chi connectivity index (χ1n) is 8.05. The zero-order valence-electron chi connectivity index (χ0n) is 14.3. The molecule has 0 radical (unpaired) electrons. The third-order valence-electron chi connectivity index (χ3n) is 4.50. The van der Waals surface area contributed by atoms with E-state index < -0.39 is 6.10 Å². The lowest BCUT2D eigenvalue weighted by molar-refractivity contribution is 0.0384. The van der Waals surface area contributed by atoms with E-state index in [1.54, 1.807) is 7.11 Å². The van der Waals surface area contributed by atoms with Gasteiger partial charge in [-0.1, -0.05) is 11.6 Å². The van der Waals surface area contributed by atoms with Gasteiger partial charge in [0.1, 0.15) is 5.75 Å². The summed E-state index contributed by atoms with van der Waals surface area (Å²) >= 11 is 0. The van der Waals surface area contributed by atoms with Gasteiger partial charge in [0.15, 0.2) is 0 Å². The first-order chi connectivity index (χ1) is 11.0. The van der Waals surface area contributed by atoms with E-state index in [0.29, 0.717) is 12.6 Å². The van der Waals surface area contributed by atoms with Gasteiger partial charge < -0.3 is 9.84 Å². The number of aryl methyl sites for hydroxylation is 3. The first-order valence-corrected chi connectivity index (χ1v) is 8.05. The zero-order chi connectivity index (χ0) is 16.6. The van der Waals surface area contributed by atoms with Crippen LogP contribution in [0.3, 0.4) is 0 Å². The molecule has 0 saturated carbocycles. The molecule has 1 saturated heterocycles. The van der Waals surface area contributed by atoms with Crippen LogP contribution in [0.2, 0.25) is 0 Å². The highest BCUT2D eigenvalue weighted by atomic mass is 16.5. The maximum absolute atomic E-state index is 10.6. The Morgan fingerprint density at radius 3 is 2.61 bits per heavy atom. The maximum atomic E-state index is 10.6. The van der Waals surface area contributed by atoms with Gasteiger partial charge in [-0.15, -0.1) is 0 Å². The number of aromatic nitrogens is 2. The molecule has 0 unspecified atom stereocenters. The van der Waals surface area contributed by atoms with Gasteiger partial charge in [0, 0.05) is 30.9 Å². The number of aliphatic hydroxyl groups excluding tert-OH is 1. The summed E-state index contributed by atoms with van der Waals surface area (Å²) in [7, 11) is 1.64. The van der Waals surface area contributed by atoms with Crippen LogP contribution in [-0.4, -0.2) is 46.5 Å². The number of hydrogen-bond acceptors (Lipinski definition) is 4. The van der Waals surface area contributed by atoms with Crippen molar-refractivity contribution in [2.24, 2.45) is 0 Å². The fraction of sp³-hybridized carbons (Fsp3) is 0.500. The van der Waals surface area contributed by atoms with Crippen LogP contribution in [0.5, 0.6) is 5.75 Å². The number of rotatable bonds is 5. The van der Waals surface area contributed by atoms with Crippen molar-refractivity contribution in [1.82, 2.24) is 14.7 Å². The third-order valence-corrected chi connectivity index (χ3v) is 4.50. The molecule has 0 aliphatic carbocycles. The number of methoxy groups -OCH3 is 1. The molecule has 5 nitrogen and oxygen atoms in total. The molecule has 2 heterocycles. The van der Waals surface area contributed by atoms with E-state index in [0.717, 1.165) is 35.7 Å². The molecule has 2 aromatic rings. The second-order valence-electron chi connectivity index (χ2n) is 6.51. The lowest BCUT2D eigenvalue weighted by Crippen LogP contribution is -2.49. The predicted molar refractivity (Wildman–Crippen MR) is 89.9 cm³/mol. The van der Waals surface area contributed by atoms with Crippen molar-refractivity contribution in [3.63, 3.8) is 0 Å². The highest BCUT2D eigenvalue weighted by Gasteiger charge is 2.31. The Hall–Kier alpha value is -1.85. The molecular weight excluding hydrogens is 290 g/mol. The van der Waals surface area contributed by atoms with Crippen LogP contribution >= 0.6 is 0 Å². The van der Waals surface area contributed by atoms with Crippen LogP contribution in [0.25, 0.3) is 0 Å². The number of benzene rings is 1. The molecule has 1 aromatic carbocycles. The Labute approximate surface area is 137 Å². The van der Waals surface area contributed by atoms with E-state index in [1.807, 2.05) is 32.0 Å². The minimum Gasteiger partial charge on any atom is -0.496 e. The van der Waals surface area contributed by atoms with Crippen LogP contribution in [0.1, 0.15) is 34.7 Å². The topological polar surface area (TPSA) is 50.5 Å². The van der Waals surface area contributed by atoms with Crippen molar-refractivity contribution in [3.05, 3.63) is 46.8 Å². The van der Waals surface area contributed by atoms with E-state index in [2.05, 4.69) is 27.7 Å². The average Bonchev–Trinajstić information content (AvgIpc) is 2.80. The number of nitrogens with zero attached hydrogens (tertiary/aromatic N) is 3. The third kappa shape index (κ3) is 3.26. The summed E-state index contributed by atoms with van der Waals surface area (Å²) in [5.74, 6) is 0.749. The minimum absolute atomic E-state index is 0.412. The molecule has 0 bridgehead atoms. The summed E-state index contributed by atoms with van der Waals surface area (Å²) in [6.45, 7) is 8.61. The smallest absolute Gasteiger partial charge is 0.124 e. The largest absolute Gasteiger partial charge is 0.496 e. The summed E-state index contributed by atoms with van der Waals surface area (Å²) in [6, 6.07) is 8.44. The van der Waals surface area contributed by atoms with Gasteiger partial charge in [0.05, 0.1) is 24.9 Å². The molecule has 1 aromatic heterocycles. The number of β-amino-alcohol motifs (C(OH)–C–C–N with tert-alkyl or cyclic N) is 1. The molecule has 124 valence electrons. The van der Waals surface area contributed by atoms with Crippen molar-refractivity contribution in [3.8, 4) is 5.75 Å². The molecule has 1 atom stereocenters. The average molecular weight is 315 g/mol. The van der Waals surface area contributed by atoms with E-state index in [-0.39, 0.29) is 0 Å². The monoisotopic (exact) mass is 315 g/mol. The molecule has 0 amide bonds. The van der Waals surface area contributed by atoms with Crippen LogP contribution in [0.4, 0.5) is 0 Å². The standard InChI is InChI=1S/C18H25N3O2/c1-12-5-6-18(23-4)16(7-12)17(22)11-20-9-15(10-20)21-14(3)8-13(2)19-21/h5-8,15,17,22H,9-11H2,1-4H3/t17-/m0/s1. The van der Waals surface area contributed by atoms with Gasteiger partial charge in [0.25, 0.3) is 0 Å². The molecule has 1 fully saturated rings. The summed E-state index contributed by atoms with van der Waals surface area (Å²) < 4.78 is 7.47. The molecular formula is C18H25N3O2. The van der Waals surface area contributed by atoms with Crippen molar-refractivity contribution < 1.29 is 9.84 Å². The summed E-state index contributed by atoms with van der Waals surface area (Å²) in [6.07, 6.45) is -0.536. The maximum Gasteiger partial charge on any atom is 0.124 e. The van der Waals surface area contributed by atoms with Crippen LogP contribution < -0.4 is 4.74 Å². The molecule has 1 aliphatic heterocycles. The molecule has 0 spiro atoms. The SMILES string of the molecule is COc1ccc(C)cc1[C@@H](O)CN1CC(n2nc(C)cc2C)C1. The normalized spacial score (nSPS) is 17.1. The molecule has 3 rings (SSSR count). The van der Waals surface area contributed by atoms with Crippen LogP contribution in [0.15, 0.2) is 24.3 Å². The quantitative estimate of drug-likeness (QED) is 0.920. The zero-order valence-corrected chi connectivity index (χ0v) is 14.3.